The highest BCUT2D eigenvalue weighted by molar-refractivity contribution is 6.09. The van der Waals surface area contributed by atoms with Crippen LogP contribution in [0.2, 0.25) is 0 Å². The van der Waals surface area contributed by atoms with E-state index in [9.17, 15) is 14.4 Å². The fourth-order valence-electron chi connectivity index (χ4n) is 1.30. The largest absolute Gasteiger partial charge is 0.329 e. The summed E-state index contributed by atoms with van der Waals surface area (Å²) in [6.45, 7) is 0. The molecule has 2 heterocycles. The van der Waals surface area contributed by atoms with Crippen LogP contribution in [0.1, 0.15) is 15.9 Å². The maximum atomic E-state index is 11.2. The third kappa shape index (κ3) is 1.14. The van der Waals surface area contributed by atoms with Crippen LogP contribution in [0.3, 0.4) is 0 Å². The van der Waals surface area contributed by atoms with Crippen molar-refractivity contribution in [3.05, 3.63) is 33.7 Å². The second-order valence-corrected chi connectivity index (χ2v) is 2.75. The Labute approximate surface area is 72.8 Å². The maximum absolute atomic E-state index is 11.2. The fraction of sp³-hybridized carbons (Fsp3) is 0.125. The number of aromatic amines is 1. The van der Waals surface area contributed by atoms with Gasteiger partial charge in [0.25, 0.3) is 11.5 Å². The van der Waals surface area contributed by atoms with Crippen LogP contribution in [-0.2, 0) is 11.2 Å². The molecule has 0 radical (unpaired) electrons. The quantitative estimate of drug-likeness (QED) is 0.510. The zero-order valence-corrected chi connectivity index (χ0v) is 6.59. The molecule has 0 saturated heterocycles. The molecule has 0 aliphatic carbocycles. The van der Waals surface area contributed by atoms with Crippen molar-refractivity contribution in [3.8, 4) is 0 Å². The van der Waals surface area contributed by atoms with E-state index >= 15 is 0 Å². The lowest BCUT2D eigenvalue weighted by Gasteiger charge is -2.12. The van der Waals surface area contributed by atoms with Crippen molar-refractivity contribution in [2.75, 3.05) is 0 Å². The van der Waals surface area contributed by atoms with Gasteiger partial charge < -0.3 is 4.98 Å². The van der Waals surface area contributed by atoms with Crippen LogP contribution in [0.25, 0.3) is 0 Å². The van der Waals surface area contributed by atoms with E-state index in [0.717, 1.165) is 0 Å². The monoisotopic (exact) mass is 178 g/mol. The highest BCUT2D eigenvalue weighted by Gasteiger charge is 2.23. The van der Waals surface area contributed by atoms with Crippen molar-refractivity contribution in [1.82, 2.24) is 10.3 Å². The molecule has 66 valence electrons. The van der Waals surface area contributed by atoms with Crippen LogP contribution in [0.15, 0.2) is 17.1 Å². The molecule has 0 aromatic carbocycles. The molecule has 1 aliphatic rings. The van der Waals surface area contributed by atoms with E-state index in [2.05, 4.69) is 10.3 Å². The summed E-state index contributed by atoms with van der Waals surface area (Å²) in [4.78, 5) is 35.6. The van der Waals surface area contributed by atoms with Gasteiger partial charge in [0.05, 0.1) is 12.0 Å². The first-order valence-electron chi connectivity index (χ1n) is 3.73. The topological polar surface area (TPSA) is 79.0 Å². The van der Waals surface area contributed by atoms with Crippen LogP contribution < -0.4 is 10.9 Å². The fourth-order valence-corrected chi connectivity index (χ4v) is 1.30. The molecule has 1 aromatic heterocycles. The Bertz CT molecular complexity index is 447. The highest BCUT2D eigenvalue weighted by Crippen LogP contribution is 2.07. The first-order chi connectivity index (χ1) is 6.18. The second kappa shape index (κ2) is 2.55. The Kier molecular flexibility index (Phi) is 1.51. The van der Waals surface area contributed by atoms with E-state index in [0.29, 0.717) is 0 Å². The van der Waals surface area contributed by atoms with Crippen molar-refractivity contribution in [2.45, 2.75) is 6.42 Å². The predicted octanol–water partition coefficient (Wildman–Crippen LogP) is -0.813. The van der Waals surface area contributed by atoms with Crippen LogP contribution in [-0.4, -0.2) is 16.8 Å². The van der Waals surface area contributed by atoms with E-state index < -0.39 is 11.8 Å². The molecule has 0 fully saturated rings. The average Bonchev–Trinajstić information content (AvgIpc) is 2.07. The number of H-pyrrole nitrogens is 1. The Morgan fingerprint density at radius 2 is 2.00 bits per heavy atom. The molecule has 0 atom stereocenters. The number of hydrogen-bond donors (Lipinski definition) is 2. The molecular formula is C8H6N2O3. The maximum Gasteiger partial charge on any atom is 0.258 e. The molecular weight excluding hydrogens is 172 g/mol. The summed E-state index contributed by atoms with van der Waals surface area (Å²) in [5, 5.41) is 2.13. The minimum Gasteiger partial charge on any atom is -0.329 e. The van der Waals surface area contributed by atoms with Crippen LogP contribution in [0.4, 0.5) is 0 Å². The summed E-state index contributed by atoms with van der Waals surface area (Å²) in [6.07, 6.45) is 1.35. The molecule has 2 amide bonds. The minimum atomic E-state index is -0.502. The second-order valence-electron chi connectivity index (χ2n) is 2.75. The van der Waals surface area contributed by atoms with Gasteiger partial charge in [0.2, 0.25) is 5.91 Å². The Hall–Kier alpha value is -1.91. The summed E-state index contributed by atoms with van der Waals surface area (Å²) < 4.78 is 0. The Balaban J connectivity index is 2.68. The van der Waals surface area contributed by atoms with Crippen molar-refractivity contribution in [2.24, 2.45) is 0 Å². The average molecular weight is 178 g/mol. The molecule has 0 spiro atoms. The van der Waals surface area contributed by atoms with Gasteiger partial charge in [0, 0.05) is 11.8 Å². The van der Waals surface area contributed by atoms with E-state index in [-0.39, 0.29) is 23.1 Å². The summed E-state index contributed by atoms with van der Waals surface area (Å²) in [6, 6.07) is 1.48. The molecule has 2 N–H and O–H groups in total. The number of imide groups is 1. The van der Waals surface area contributed by atoms with Crippen molar-refractivity contribution >= 4 is 11.8 Å². The molecule has 0 unspecified atom stereocenters. The number of amides is 2. The van der Waals surface area contributed by atoms with Gasteiger partial charge in [-0.3, -0.25) is 19.7 Å². The van der Waals surface area contributed by atoms with Gasteiger partial charge in [-0.1, -0.05) is 0 Å². The number of carbonyl (C=O) groups is 2. The number of fused-ring (bicyclic) bond motifs is 1. The number of aromatic nitrogens is 1. The first-order valence-corrected chi connectivity index (χ1v) is 3.73. The molecule has 5 heteroatoms. The minimum absolute atomic E-state index is 0.0305. The Morgan fingerprint density at radius 1 is 1.23 bits per heavy atom. The van der Waals surface area contributed by atoms with Gasteiger partial charge in [-0.25, -0.2) is 0 Å². The van der Waals surface area contributed by atoms with Gasteiger partial charge in [-0.15, -0.1) is 0 Å². The van der Waals surface area contributed by atoms with Crippen LogP contribution in [0.5, 0.6) is 0 Å². The zero-order chi connectivity index (χ0) is 9.42. The Morgan fingerprint density at radius 3 is 2.77 bits per heavy atom. The molecule has 1 aromatic rings. The van der Waals surface area contributed by atoms with Gasteiger partial charge >= 0.3 is 0 Å². The van der Waals surface area contributed by atoms with E-state index in [1.54, 1.807) is 0 Å². The standard InChI is InChI=1S/C8H6N2O3/c11-6-3-5-4(8(13)10-6)1-2-9-7(5)12/h1-2H,3H2,(H,9,12)(H,10,11,13). The molecule has 0 bridgehead atoms. The molecule has 1 aliphatic heterocycles. The number of pyridine rings is 1. The summed E-state index contributed by atoms with van der Waals surface area (Å²) in [5.74, 6) is -0.938. The number of hydrogen-bond acceptors (Lipinski definition) is 3. The lowest BCUT2D eigenvalue weighted by Crippen LogP contribution is -2.40. The third-order valence-electron chi connectivity index (χ3n) is 1.90. The summed E-state index contributed by atoms with van der Waals surface area (Å²) in [5.41, 5.74) is 0.153. The third-order valence-corrected chi connectivity index (χ3v) is 1.90. The molecule has 13 heavy (non-hydrogen) atoms. The van der Waals surface area contributed by atoms with Gasteiger partial charge in [-0.05, 0) is 6.07 Å². The van der Waals surface area contributed by atoms with Crippen molar-refractivity contribution in [1.29, 1.82) is 0 Å². The van der Waals surface area contributed by atoms with Gasteiger partial charge in [-0.2, -0.15) is 0 Å². The summed E-state index contributed by atoms with van der Waals surface area (Å²) in [7, 11) is 0. The van der Waals surface area contributed by atoms with Gasteiger partial charge in [0.1, 0.15) is 0 Å². The normalized spacial score (nSPS) is 15.1. The smallest absolute Gasteiger partial charge is 0.258 e. The van der Waals surface area contributed by atoms with Crippen molar-refractivity contribution in [3.63, 3.8) is 0 Å². The van der Waals surface area contributed by atoms with Crippen molar-refractivity contribution < 1.29 is 9.59 Å². The first kappa shape index (κ1) is 7.72. The zero-order valence-electron chi connectivity index (χ0n) is 6.59. The SMILES string of the molecule is O=C1Cc2c(cc[nH]c2=O)C(=O)N1. The molecule has 2 rings (SSSR count). The van der Waals surface area contributed by atoms with E-state index in [1.165, 1.54) is 12.3 Å². The van der Waals surface area contributed by atoms with E-state index in [1.807, 2.05) is 0 Å². The van der Waals surface area contributed by atoms with E-state index in [4.69, 9.17) is 0 Å². The van der Waals surface area contributed by atoms with Crippen LogP contribution >= 0.6 is 0 Å². The van der Waals surface area contributed by atoms with Crippen LogP contribution in [0, 0.1) is 0 Å². The number of nitrogens with one attached hydrogen (secondary N) is 2. The highest BCUT2D eigenvalue weighted by atomic mass is 16.2. The lowest BCUT2D eigenvalue weighted by atomic mass is 10.0. The predicted molar refractivity (Wildman–Crippen MR) is 43.2 cm³/mol. The lowest BCUT2D eigenvalue weighted by molar-refractivity contribution is -0.119. The molecule has 0 saturated carbocycles. The summed E-state index contributed by atoms with van der Waals surface area (Å²) >= 11 is 0. The molecule has 5 nitrogen and oxygen atoms in total. The number of carbonyl (C=O) groups excluding carboxylic acids is 2. The number of rotatable bonds is 0. The van der Waals surface area contributed by atoms with Gasteiger partial charge in [0.15, 0.2) is 0 Å².